The van der Waals surface area contributed by atoms with Gasteiger partial charge in [0.05, 0.1) is 12.7 Å². The quantitative estimate of drug-likeness (QED) is 0.732. The number of aliphatic hydroxyl groups is 1. The number of nitrogens with zero attached hydrogens (tertiary/aromatic N) is 1. The van der Waals surface area contributed by atoms with Gasteiger partial charge in [-0.05, 0) is 25.2 Å². The molecule has 0 aromatic heterocycles. The highest BCUT2D eigenvalue weighted by Gasteiger charge is 2.32. The number of hydrogen-bond donors (Lipinski definition) is 1. The summed E-state index contributed by atoms with van der Waals surface area (Å²) in [6, 6.07) is 0.614. The number of fused-ring (bicyclic) bond motifs is 4. The largest absolute Gasteiger partial charge is 0.396 e. The molecule has 0 amide bonds. The summed E-state index contributed by atoms with van der Waals surface area (Å²) in [5, 5.41) is 9.05. The Hall–Kier alpha value is -0.120. The van der Waals surface area contributed by atoms with E-state index in [-0.39, 0.29) is 0 Å². The Bertz CT molecular complexity index is 182. The van der Waals surface area contributed by atoms with Crippen LogP contribution < -0.4 is 0 Å². The summed E-state index contributed by atoms with van der Waals surface area (Å²) < 4.78 is 5.74. The zero-order valence-electron chi connectivity index (χ0n) is 8.98. The van der Waals surface area contributed by atoms with Gasteiger partial charge in [0.1, 0.15) is 0 Å². The van der Waals surface area contributed by atoms with E-state index < -0.39 is 0 Å². The molecule has 3 saturated heterocycles. The van der Waals surface area contributed by atoms with Crippen LogP contribution in [-0.4, -0.2) is 48.5 Å². The molecule has 3 aliphatic rings. The third kappa shape index (κ3) is 2.27. The highest BCUT2D eigenvalue weighted by Crippen LogP contribution is 2.25. The van der Waals surface area contributed by atoms with Crippen molar-refractivity contribution in [1.29, 1.82) is 0 Å². The lowest BCUT2D eigenvalue weighted by Crippen LogP contribution is -2.49. The van der Waals surface area contributed by atoms with Crippen LogP contribution in [0, 0.1) is 5.92 Å². The van der Waals surface area contributed by atoms with Crippen LogP contribution in [0.1, 0.15) is 26.2 Å². The molecule has 0 aromatic rings. The summed E-state index contributed by atoms with van der Waals surface area (Å²) in [6.45, 7) is 5.42. The maximum atomic E-state index is 9.05. The lowest BCUT2D eigenvalue weighted by atomic mass is 10.1. The predicted octanol–water partition coefficient (Wildman–Crippen LogP) is 0.868. The molecule has 3 rings (SSSR count). The molecule has 2 unspecified atom stereocenters. The number of ether oxygens (including phenoxy) is 1. The molecule has 0 saturated carbocycles. The molecule has 3 heteroatoms. The molecular weight excluding hydrogens is 178 g/mol. The fourth-order valence-electron chi connectivity index (χ4n) is 2.52. The second kappa shape index (κ2) is 4.60. The molecule has 82 valence electrons. The Morgan fingerprint density at radius 2 is 2.36 bits per heavy atom. The minimum absolute atomic E-state index is 0.300. The maximum Gasteiger partial charge on any atom is 0.0702 e. The summed E-state index contributed by atoms with van der Waals surface area (Å²) in [5.74, 6) is 0.398. The van der Waals surface area contributed by atoms with Gasteiger partial charge in [-0.2, -0.15) is 0 Å². The third-order valence-electron chi connectivity index (χ3n) is 3.40. The Kier molecular flexibility index (Phi) is 3.42. The highest BCUT2D eigenvalue weighted by molar-refractivity contribution is 4.85. The molecule has 3 nitrogen and oxygen atoms in total. The first-order valence-corrected chi connectivity index (χ1v) is 5.76. The zero-order valence-corrected chi connectivity index (χ0v) is 8.98. The van der Waals surface area contributed by atoms with Gasteiger partial charge in [0.15, 0.2) is 0 Å². The van der Waals surface area contributed by atoms with Crippen molar-refractivity contribution >= 4 is 0 Å². The van der Waals surface area contributed by atoms with E-state index in [1.165, 1.54) is 19.3 Å². The van der Waals surface area contributed by atoms with Gasteiger partial charge in [-0.3, -0.25) is 4.90 Å². The normalized spacial score (nSPS) is 35.6. The molecule has 0 radical (unpaired) electrons. The van der Waals surface area contributed by atoms with E-state index in [9.17, 15) is 0 Å². The molecule has 3 atom stereocenters. The number of morpholine rings is 1. The monoisotopic (exact) mass is 199 g/mol. The van der Waals surface area contributed by atoms with Gasteiger partial charge < -0.3 is 9.84 Å². The number of hydrogen-bond acceptors (Lipinski definition) is 3. The van der Waals surface area contributed by atoms with Crippen LogP contribution in [0.4, 0.5) is 0 Å². The van der Waals surface area contributed by atoms with Crippen molar-refractivity contribution in [3.63, 3.8) is 0 Å². The highest BCUT2D eigenvalue weighted by atomic mass is 16.5. The van der Waals surface area contributed by atoms with E-state index in [0.717, 1.165) is 19.7 Å². The van der Waals surface area contributed by atoms with Crippen LogP contribution in [0.15, 0.2) is 0 Å². The van der Waals surface area contributed by atoms with Crippen LogP contribution in [0.3, 0.4) is 0 Å². The van der Waals surface area contributed by atoms with Crippen molar-refractivity contribution in [1.82, 2.24) is 4.90 Å². The average molecular weight is 199 g/mol. The van der Waals surface area contributed by atoms with E-state index in [1.54, 1.807) is 0 Å². The molecule has 0 aliphatic carbocycles. The van der Waals surface area contributed by atoms with Crippen molar-refractivity contribution in [2.75, 3.05) is 26.3 Å². The fourth-order valence-corrected chi connectivity index (χ4v) is 2.52. The standard InChI is InChI=1S/C11H21NO2/c1-9(7-13)5-12-6-11-4-2-3-10(12)8-14-11/h9-11,13H,2-8H2,1H3/t9-,10?,11?/m1/s1. The molecule has 14 heavy (non-hydrogen) atoms. The van der Waals surface area contributed by atoms with Crippen LogP contribution in [0.25, 0.3) is 0 Å². The average Bonchev–Trinajstić information content (AvgIpc) is 2.52. The van der Waals surface area contributed by atoms with Crippen LogP contribution >= 0.6 is 0 Å². The van der Waals surface area contributed by atoms with Crippen molar-refractivity contribution in [2.45, 2.75) is 38.3 Å². The van der Waals surface area contributed by atoms with Gasteiger partial charge in [-0.15, -0.1) is 0 Å². The predicted molar refractivity (Wildman–Crippen MR) is 55.2 cm³/mol. The van der Waals surface area contributed by atoms with Crippen molar-refractivity contribution < 1.29 is 9.84 Å². The van der Waals surface area contributed by atoms with E-state index in [4.69, 9.17) is 9.84 Å². The van der Waals surface area contributed by atoms with E-state index in [0.29, 0.717) is 24.7 Å². The van der Waals surface area contributed by atoms with E-state index >= 15 is 0 Å². The lowest BCUT2D eigenvalue weighted by molar-refractivity contribution is -0.0558. The smallest absolute Gasteiger partial charge is 0.0702 e. The van der Waals surface area contributed by atoms with Crippen molar-refractivity contribution in [3.8, 4) is 0 Å². The van der Waals surface area contributed by atoms with Gasteiger partial charge >= 0.3 is 0 Å². The molecule has 0 aromatic carbocycles. The zero-order chi connectivity index (χ0) is 9.97. The van der Waals surface area contributed by atoms with Crippen LogP contribution in [0.5, 0.6) is 0 Å². The summed E-state index contributed by atoms with van der Waals surface area (Å²) in [7, 11) is 0. The summed E-state index contributed by atoms with van der Waals surface area (Å²) in [4.78, 5) is 2.52. The number of aliphatic hydroxyl groups excluding tert-OH is 1. The van der Waals surface area contributed by atoms with Gasteiger partial charge in [0.2, 0.25) is 0 Å². The summed E-state index contributed by atoms with van der Waals surface area (Å²) >= 11 is 0. The Labute approximate surface area is 86.0 Å². The lowest BCUT2D eigenvalue weighted by Gasteiger charge is -2.37. The third-order valence-corrected chi connectivity index (χ3v) is 3.40. The summed E-state index contributed by atoms with van der Waals surface area (Å²) in [5.41, 5.74) is 0. The first-order chi connectivity index (χ1) is 6.79. The fraction of sp³-hybridized carbons (Fsp3) is 1.00. The SMILES string of the molecule is C[C@@H](CO)CN1CC2CCCC1CO2. The molecule has 3 fully saturated rings. The molecule has 1 N–H and O–H groups in total. The second-order valence-corrected chi connectivity index (χ2v) is 4.78. The molecular formula is C11H21NO2. The molecule has 3 heterocycles. The summed E-state index contributed by atoms with van der Waals surface area (Å²) in [6.07, 6.45) is 4.26. The van der Waals surface area contributed by atoms with E-state index in [1.807, 2.05) is 0 Å². The van der Waals surface area contributed by atoms with Gasteiger partial charge in [-0.1, -0.05) is 6.92 Å². The van der Waals surface area contributed by atoms with Crippen LogP contribution in [0.2, 0.25) is 0 Å². The molecule has 3 aliphatic heterocycles. The minimum atomic E-state index is 0.300. The van der Waals surface area contributed by atoms with E-state index in [2.05, 4.69) is 11.8 Å². The molecule has 0 spiro atoms. The second-order valence-electron chi connectivity index (χ2n) is 4.78. The minimum Gasteiger partial charge on any atom is -0.396 e. The van der Waals surface area contributed by atoms with Crippen molar-refractivity contribution in [3.05, 3.63) is 0 Å². The number of rotatable bonds is 3. The Morgan fingerprint density at radius 1 is 1.50 bits per heavy atom. The first-order valence-electron chi connectivity index (χ1n) is 5.76. The molecule has 2 bridgehead atoms. The van der Waals surface area contributed by atoms with Crippen molar-refractivity contribution in [2.24, 2.45) is 5.92 Å². The van der Waals surface area contributed by atoms with Gasteiger partial charge in [0, 0.05) is 25.7 Å². The first kappa shape index (κ1) is 10.4. The maximum absolute atomic E-state index is 9.05. The Balaban J connectivity index is 1.92. The Morgan fingerprint density at radius 3 is 3.14 bits per heavy atom. The topological polar surface area (TPSA) is 32.7 Å². The van der Waals surface area contributed by atoms with Crippen LogP contribution in [-0.2, 0) is 4.74 Å². The van der Waals surface area contributed by atoms with Gasteiger partial charge in [0.25, 0.3) is 0 Å². The van der Waals surface area contributed by atoms with Gasteiger partial charge in [-0.25, -0.2) is 0 Å².